The molecule has 8 heteroatoms. The molecule has 0 spiro atoms. The molecule has 1 amide bonds. The molecule has 18 heavy (non-hydrogen) atoms. The lowest BCUT2D eigenvalue weighted by molar-refractivity contribution is -0.384. The average Bonchev–Trinajstić information content (AvgIpc) is 2.38. The first-order valence-electron chi connectivity index (χ1n) is 4.81. The molecule has 0 N–H and O–H groups in total. The largest absolute Gasteiger partial charge is 0.383 e. The maximum atomic E-state index is 11.6. The number of benzene rings is 1. The molecule has 1 heterocycles. The minimum absolute atomic E-state index is 0.102. The van der Waals surface area contributed by atoms with Crippen molar-refractivity contribution in [2.45, 2.75) is 0 Å². The zero-order valence-electron chi connectivity index (χ0n) is 8.94. The van der Waals surface area contributed by atoms with E-state index in [0.717, 1.165) is 4.90 Å². The highest BCUT2D eigenvalue weighted by Gasteiger charge is 2.26. The molecule has 0 bridgehead atoms. The Bertz CT molecular complexity index is 573. The molecule has 0 saturated carbocycles. The molecule has 90 valence electrons. The molecule has 0 aromatic heterocycles. The van der Waals surface area contributed by atoms with Gasteiger partial charge in [-0.1, -0.05) is 5.16 Å². The fraction of sp³-hybridized carbons (Fsp3) is 0.100. The van der Waals surface area contributed by atoms with E-state index in [1.807, 2.05) is 0 Å². The highest BCUT2D eigenvalue weighted by molar-refractivity contribution is 6.23. The Hall–Kier alpha value is -2.95. The van der Waals surface area contributed by atoms with Gasteiger partial charge in [-0.3, -0.25) is 19.8 Å². The van der Waals surface area contributed by atoms with E-state index in [1.54, 1.807) is 6.07 Å². The number of anilines is 1. The number of carbonyl (C=O) groups excluding carboxylic acids is 1. The summed E-state index contributed by atoms with van der Waals surface area (Å²) in [5.74, 6) is -0.671. The fourth-order valence-electron chi connectivity index (χ4n) is 1.43. The summed E-state index contributed by atoms with van der Waals surface area (Å²) in [5.41, 5.74) is 0.226. The van der Waals surface area contributed by atoms with Crippen molar-refractivity contribution in [2.75, 3.05) is 11.5 Å². The predicted octanol–water partition coefficient (Wildman–Crippen LogP) is 0.795. The first-order valence-corrected chi connectivity index (χ1v) is 4.81. The normalized spacial score (nSPS) is 14.5. The summed E-state index contributed by atoms with van der Waals surface area (Å²) in [6.07, 6.45) is 0. The number of oxime groups is 1. The first kappa shape index (κ1) is 11.5. The van der Waals surface area contributed by atoms with Gasteiger partial charge >= 0.3 is 0 Å². The number of nitriles is 1. The van der Waals surface area contributed by atoms with Crippen LogP contribution in [0.3, 0.4) is 0 Å². The Morgan fingerprint density at radius 1 is 1.44 bits per heavy atom. The van der Waals surface area contributed by atoms with Crippen LogP contribution in [0.4, 0.5) is 11.4 Å². The van der Waals surface area contributed by atoms with Crippen LogP contribution < -0.4 is 4.90 Å². The van der Waals surface area contributed by atoms with Crippen LogP contribution in [-0.4, -0.2) is 23.3 Å². The van der Waals surface area contributed by atoms with Crippen LogP contribution in [-0.2, 0) is 9.63 Å². The third-order valence-electron chi connectivity index (χ3n) is 2.22. The lowest BCUT2D eigenvalue weighted by Crippen LogP contribution is -2.41. The SMILES string of the molecule is N#CC1=NOCC(=O)N1c1ccc([N+](=O)[O-])cc1. The van der Waals surface area contributed by atoms with Gasteiger partial charge in [0.15, 0.2) is 6.61 Å². The summed E-state index contributed by atoms with van der Waals surface area (Å²) in [5, 5.41) is 22.8. The minimum Gasteiger partial charge on any atom is -0.383 e. The van der Waals surface area contributed by atoms with Gasteiger partial charge in [0.25, 0.3) is 17.4 Å². The maximum Gasteiger partial charge on any atom is 0.274 e. The Labute approximate surface area is 101 Å². The molecule has 0 radical (unpaired) electrons. The zero-order chi connectivity index (χ0) is 13.1. The summed E-state index contributed by atoms with van der Waals surface area (Å²) in [6.45, 7) is -0.276. The van der Waals surface area contributed by atoms with Crippen molar-refractivity contribution in [3.8, 4) is 6.07 Å². The number of amidine groups is 1. The van der Waals surface area contributed by atoms with E-state index >= 15 is 0 Å². The molecule has 8 nitrogen and oxygen atoms in total. The van der Waals surface area contributed by atoms with Crippen LogP contribution in [0.15, 0.2) is 29.4 Å². The second kappa shape index (κ2) is 4.50. The second-order valence-corrected chi connectivity index (χ2v) is 3.30. The number of rotatable bonds is 2. The van der Waals surface area contributed by atoms with Crippen LogP contribution in [0.5, 0.6) is 0 Å². The monoisotopic (exact) mass is 246 g/mol. The van der Waals surface area contributed by atoms with Gasteiger partial charge in [0, 0.05) is 12.1 Å². The third-order valence-corrected chi connectivity index (χ3v) is 2.22. The molecule has 0 aliphatic carbocycles. The zero-order valence-corrected chi connectivity index (χ0v) is 8.94. The van der Waals surface area contributed by atoms with Gasteiger partial charge in [-0.05, 0) is 12.1 Å². The average molecular weight is 246 g/mol. The van der Waals surface area contributed by atoms with Gasteiger partial charge in [-0.25, -0.2) is 0 Å². The van der Waals surface area contributed by atoms with E-state index in [2.05, 4.69) is 9.99 Å². The number of carbonyl (C=O) groups is 1. The van der Waals surface area contributed by atoms with Crippen molar-refractivity contribution in [1.82, 2.24) is 0 Å². The van der Waals surface area contributed by atoms with Crippen LogP contribution in [0.25, 0.3) is 0 Å². The number of non-ortho nitro benzene ring substituents is 1. The van der Waals surface area contributed by atoms with E-state index in [4.69, 9.17) is 5.26 Å². The molecule has 0 unspecified atom stereocenters. The molecule has 1 aliphatic rings. The van der Waals surface area contributed by atoms with E-state index < -0.39 is 10.8 Å². The minimum atomic E-state index is -0.551. The van der Waals surface area contributed by atoms with Gasteiger partial charge in [-0.15, -0.1) is 0 Å². The molecule has 1 aliphatic heterocycles. The van der Waals surface area contributed by atoms with E-state index in [1.165, 1.54) is 24.3 Å². The van der Waals surface area contributed by atoms with Gasteiger partial charge in [0.2, 0.25) is 0 Å². The van der Waals surface area contributed by atoms with Crippen molar-refractivity contribution in [3.63, 3.8) is 0 Å². The number of hydrogen-bond donors (Lipinski definition) is 0. The summed E-state index contributed by atoms with van der Waals surface area (Å²) in [7, 11) is 0. The van der Waals surface area contributed by atoms with E-state index in [0.29, 0.717) is 5.69 Å². The quantitative estimate of drug-likeness (QED) is 0.566. The van der Waals surface area contributed by atoms with Crippen molar-refractivity contribution in [3.05, 3.63) is 34.4 Å². The Morgan fingerprint density at radius 2 is 2.11 bits per heavy atom. The molecule has 1 aromatic rings. The number of nitrogens with zero attached hydrogens (tertiary/aromatic N) is 4. The maximum absolute atomic E-state index is 11.6. The van der Waals surface area contributed by atoms with Crippen molar-refractivity contribution >= 4 is 23.1 Å². The Morgan fingerprint density at radius 3 is 2.67 bits per heavy atom. The number of nitro benzene ring substituents is 1. The topological polar surface area (TPSA) is 109 Å². The smallest absolute Gasteiger partial charge is 0.274 e. The lowest BCUT2D eigenvalue weighted by atomic mass is 10.2. The van der Waals surface area contributed by atoms with Crippen molar-refractivity contribution in [1.29, 1.82) is 5.26 Å². The molecule has 0 fully saturated rings. The number of amides is 1. The summed E-state index contributed by atoms with van der Waals surface area (Å²) < 4.78 is 0. The second-order valence-electron chi connectivity index (χ2n) is 3.30. The number of nitro groups is 1. The lowest BCUT2D eigenvalue weighted by Gasteiger charge is -2.22. The van der Waals surface area contributed by atoms with Gasteiger partial charge in [0.05, 0.1) is 10.6 Å². The van der Waals surface area contributed by atoms with Crippen LogP contribution in [0.1, 0.15) is 0 Å². The van der Waals surface area contributed by atoms with E-state index in [9.17, 15) is 14.9 Å². The molecule has 0 saturated heterocycles. The van der Waals surface area contributed by atoms with Gasteiger partial charge in [-0.2, -0.15) is 5.26 Å². The highest BCUT2D eigenvalue weighted by atomic mass is 16.6. The number of hydrogen-bond acceptors (Lipinski definition) is 6. The molecule has 1 aromatic carbocycles. The van der Waals surface area contributed by atoms with Gasteiger partial charge in [0.1, 0.15) is 6.07 Å². The van der Waals surface area contributed by atoms with Crippen molar-refractivity contribution < 1.29 is 14.6 Å². The van der Waals surface area contributed by atoms with Gasteiger partial charge < -0.3 is 4.84 Å². The predicted molar refractivity (Wildman–Crippen MR) is 59.6 cm³/mol. The fourth-order valence-corrected chi connectivity index (χ4v) is 1.43. The Balaban J connectivity index is 2.38. The highest BCUT2D eigenvalue weighted by Crippen LogP contribution is 2.21. The molecule has 0 atom stereocenters. The molecular weight excluding hydrogens is 240 g/mol. The third kappa shape index (κ3) is 1.97. The summed E-state index contributed by atoms with van der Waals surface area (Å²) >= 11 is 0. The summed E-state index contributed by atoms with van der Waals surface area (Å²) in [6, 6.07) is 6.94. The van der Waals surface area contributed by atoms with Crippen LogP contribution in [0, 0.1) is 21.4 Å². The molecule has 2 rings (SSSR count). The standard InChI is InChI=1S/C10H6N4O4/c11-5-9-12-18-6-10(15)13(9)7-1-3-8(4-2-7)14(16)17/h1-4H,6H2. The van der Waals surface area contributed by atoms with Crippen molar-refractivity contribution in [2.24, 2.45) is 5.16 Å². The molecular formula is C10H6N4O4. The van der Waals surface area contributed by atoms with Crippen LogP contribution in [0.2, 0.25) is 0 Å². The first-order chi connectivity index (χ1) is 8.63. The summed E-state index contributed by atoms with van der Waals surface area (Å²) in [4.78, 5) is 27.2. The van der Waals surface area contributed by atoms with Crippen LogP contribution >= 0.6 is 0 Å². The Kier molecular flexibility index (Phi) is 2.89. The van der Waals surface area contributed by atoms with E-state index in [-0.39, 0.29) is 18.1 Å².